The van der Waals surface area contributed by atoms with Crippen LogP contribution in [0.1, 0.15) is 43.6 Å². The van der Waals surface area contributed by atoms with Crippen LogP contribution in [-0.4, -0.2) is 33.6 Å². The minimum Gasteiger partial charge on any atom is -0.507 e. The molecular formula is C18H16N2O4S. The van der Waals surface area contributed by atoms with Crippen molar-refractivity contribution in [3.63, 3.8) is 0 Å². The summed E-state index contributed by atoms with van der Waals surface area (Å²) in [5.74, 6) is -1.34. The SMILES string of the molecule is CCSc1ccc(C)c2c1C(=O)N(NC(=O)c1ccccc1O)C2=O. The van der Waals surface area contributed by atoms with E-state index in [0.717, 1.165) is 5.75 Å². The van der Waals surface area contributed by atoms with Crippen molar-refractivity contribution in [1.29, 1.82) is 0 Å². The number of benzene rings is 2. The first-order valence-electron chi connectivity index (χ1n) is 7.69. The maximum absolute atomic E-state index is 12.7. The third-order valence-electron chi connectivity index (χ3n) is 3.87. The van der Waals surface area contributed by atoms with E-state index in [4.69, 9.17) is 0 Å². The first-order chi connectivity index (χ1) is 12.0. The van der Waals surface area contributed by atoms with Gasteiger partial charge in [0.25, 0.3) is 17.7 Å². The number of rotatable bonds is 4. The normalized spacial score (nSPS) is 13.1. The summed E-state index contributed by atoms with van der Waals surface area (Å²) in [5, 5.41) is 10.5. The molecule has 0 saturated heterocycles. The van der Waals surface area contributed by atoms with Gasteiger partial charge in [0, 0.05) is 4.90 Å². The Bertz CT molecular complexity index is 895. The average molecular weight is 356 g/mol. The van der Waals surface area contributed by atoms with Crippen molar-refractivity contribution in [1.82, 2.24) is 10.4 Å². The van der Waals surface area contributed by atoms with Gasteiger partial charge < -0.3 is 5.11 Å². The van der Waals surface area contributed by atoms with Gasteiger partial charge in [-0.3, -0.25) is 19.8 Å². The van der Waals surface area contributed by atoms with E-state index in [2.05, 4.69) is 5.43 Å². The van der Waals surface area contributed by atoms with E-state index in [1.54, 1.807) is 25.1 Å². The number of aryl methyl sites for hydroxylation is 1. The van der Waals surface area contributed by atoms with Gasteiger partial charge in [-0.2, -0.15) is 5.01 Å². The second kappa shape index (κ2) is 6.60. The lowest BCUT2D eigenvalue weighted by Gasteiger charge is -2.15. The Hall–Kier alpha value is -2.80. The van der Waals surface area contributed by atoms with E-state index < -0.39 is 17.7 Å². The van der Waals surface area contributed by atoms with Crippen LogP contribution in [0.5, 0.6) is 5.75 Å². The van der Waals surface area contributed by atoms with Crippen molar-refractivity contribution < 1.29 is 19.5 Å². The van der Waals surface area contributed by atoms with Gasteiger partial charge >= 0.3 is 0 Å². The summed E-state index contributed by atoms with van der Waals surface area (Å²) in [6, 6.07) is 9.52. The number of fused-ring (bicyclic) bond motifs is 1. The molecule has 1 aliphatic rings. The van der Waals surface area contributed by atoms with Crippen LogP contribution in [0.2, 0.25) is 0 Å². The number of hydrogen-bond acceptors (Lipinski definition) is 5. The van der Waals surface area contributed by atoms with Crippen LogP contribution in [0.15, 0.2) is 41.3 Å². The van der Waals surface area contributed by atoms with Crippen LogP contribution in [0.3, 0.4) is 0 Å². The Morgan fingerprint density at radius 2 is 1.80 bits per heavy atom. The van der Waals surface area contributed by atoms with Crippen LogP contribution in [0, 0.1) is 6.92 Å². The number of nitrogens with zero attached hydrogens (tertiary/aromatic N) is 1. The molecule has 0 radical (unpaired) electrons. The third-order valence-corrected chi connectivity index (χ3v) is 4.81. The summed E-state index contributed by atoms with van der Waals surface area (Å²) in [5.41, 5.74) is 3.59. The highest BCUT2D eigenvalue weighted by Gasteiger charge is 2.40. The molecule has 128 valence electrons. The zero-order chi connectivity index (χ0) is 18.1. The van der Waals surface area contributed by atoms with Gasteiger partial charge in [-0.25, -0.2) is 0 Å². The Balaban J connectivity index is 1.95. The molecule has 0 bridgehead atoms. The van der Waals surface area contributed by atoms with E-state index in [1.807, 2.05) is 13.0 Å². The molecule has 0 atom stereocenters. The molecular weight excluding hydrogens is 340 g/mol. The molecule has 2 N–H and O–H groups in total. The van der Waals surface area contributed by atoms with E-state index in [1.165, 1.54) is 23.9 Å². The topological polar surface area (TPSA) is 86.7 Å². The fourth-order valence-corrected chi connectivity index (χ4v) is 3.51. The Morgan fingerprint density at radius 1 is 1.12 bits per heavy atom. The Kier molecular flexibility index (Phi) is 4.50. The predicted molar refractivity (Wildman–Crippen MR) is 93.7 cm³/mol. The van der Waals surface area contributed by atoms with Crippen molar-refractivity contribution in [2.45, 2.75) is 18.7 Å². The largest absolute Gasteiger partial charge is 0.507 e. The summed E-state index contributed by atoms with van der Waals surface area (Å²) in [7, 11) is 0. The van der Waals surface area contributed by atoms with Crippen molar-refractivity contribution in [2.24, 2.45) is 0 Å². The molecule has 2 aromatic rings. The third kappa shape index (κ3) is 2.87. The highest BCUT2D eigenvalue weighted by atomic mass is 32.2. The zero-order valence-electron chi connectivity index (χ0n) is 13.7. The van der Waals surface area contributed by atoms with E-state index in [0.29, 0.717) is 26.6 Å². The summed E-state index contributed by atoms with van der Waals surface area (Å²) >= 11 is 1.46. The second-order valence-electron chi connectivity index (χ2n) is 5.47. The number of aromatic hydroxyl groups is 1. The van der Waals surface area contributed by atoms with Crippen LogP contribution >= 0.6 is 11.8 Å². The summed E-state index contributed by atoms with van der Waals surface area (Å²) < 4.78 is 0. The molecule has 6 nitrogen and oxygen atoms in total. The highest BCUT2D eigenvalue weighted by Crippen LogP contribution is 2.33. The number of imide groups is 1. The maximum Gasteiger partial charge on any atom is 0.281 e. The van der Waals surface area contributed by atoms with Crippen LogP contribution in [-0.2, 0) is 0 Å². The number of para-hydroxylation sites is 1. The molecule has 7 heteroatoms. The monoisotopic (exact) mass is 356 g/mol. The highest BCUT2D eigenvalue weighted by molar-refractivity contribution is 7.99. The molecule has 25 heavy (non-hydrogen) atoms. The number of thioether (sulfide) groups is 1. The van der Waals surface area contributed by atoms with Gasteiger partial charge in [-0.05, 0) is 36.4 Å². The van der Waals surface area contributed by atoms with Crippen molar-refractivity contribution in [3.05, 3.63) is 58.7 Å². The van der Waals surface area contributed by atoms with Gasteiger partial charge in [0.05, 0.1) is 16.7 Å². The lowest BCUT2D eigenvalue weighted by atomic mass is 10.0. The van der Waals surface area contributed by atoms with Crippen LogP contribution in [0.4, 0.5) is 0 Å². The molecule has 0 aromatic heterocycles. The zero-order valence-corrected chi connectivity index (χ0v) is 14.5. The van der Waals surface area contributed by atoms with Gasteiger partial charge in [0.1, 0.15) is 5.75 Å². The minimum absolute atomic E-state index is 0.0149. The Morgan fingerprint density at radius 3 is 2.48 bits per heavy atom. The summed E-state index contributed by atoms with van der Waals surface area (Å²) in [6.07, 6.45) is 0. The lowest BCUT2D eigenvalue weighted by molar-refractivity contribution is 0.0516. The quantitative estimate of drug-likeness (QED) is 0.650. The molecule has 1 heterocycles. The van der Waals surface area contributed by atoms with Crippen LogP contribution in [0.25, 0.3) is 0 Å². The molecule has 0 unspecified atom stereocenters. The predicted octanol–water partition coefficient (Wildman–Crippen LogP) is 2.75. The second-order valence-corrected chi connectivity index (χ2v) is 6.77. The van der Waals surface area contributed by atoms with Crippen molar-refractivity contribution in [3.8, 4) is 5.75 Å². The van der Waals surface area contributed by atoms with E-state index in [-0.39, 0.29) is 11.3 Å². The van der Waals surface area contributed by atoms with E-state index in [9.17, 15) is 19.5 Å². The molecule has 0 aliphatic carbocycles. The summed E-state index contributed by atoms with van der Waals surface area (Å²) in [4.78, 5) is 38.4. The minimum atomic E-state index is -0.727. The van der Waals surface area contributed by atoms with E-state index >= 15 is 0 Å². The average Bonchev–Trinajstić information content (AvgIpc) is 2.84. The molecule has 3 amide bonds. The fraction of sp³-hybridized carbons (Fsp3) is 0.167. The smallest absolute Gasteiger partial charge is 0.281 e. The van der Waals surface area contributed by atoms with Gasteiger partial charge in [0.15, 0.2) is 0 Å². The number of phenolic OH excluding ortho intramolecular Hbond substituents is 1. The molecule has 0 spiro atoms. The Labute approximate surface area is 148 Å². The number of phenols is 1. The molecule has 0 fully saturated rings. The van der Waals surface area contributed by atoms with Gasteiger partial charge in [0.2, 0.25) is 0 Å². The number of nitrogens with one attached hydrogen (secondary N) is 1. The molecule has 3 rings (SSSR count). The molecule has 2 aromatic carbocycles. The van der Waals surface area contributed by atoms with Crippen molar-refractivity contribution in [2.75, 3.05) is 5.75 Å². The number of hydrogen-bond donors (Lipinski definition) is 2. The molecule has 0 saturated carbocycles. The standard InChI is InChI=1S/C18H16N2O4S/c1-3-25-13-9-8-10(2)14-15(13)18(24)20(17(14)23)19-16(22)11-6-4-5-7-12(11)21/h4-9,21H,3H2,1-2H3,(H,19,22). The number of carbonyl (C=O) groups excluding carboxylic acids is 3. The first kappa shape index (κ1) is 17.0. The van der Waals surface area contributed by atoms with Crippen molar-refractivity contribution >= 4 is 29.5 Å². The number of carbonyl (C=O) groups is 3. The first-order valence-corrected chi connectivity index (χ1v) is 8.68. The van der Waals surface area contributed by atoms with Gasteiger partial charge in [-0.1, -0.05) is 25.1 Å². The molecule has 1 aliphatic heterocycles. The van der Waals surface area contributed by atoms with Gasteiger partial charge in [-0.15, -0.1) is 11.8 Å². The summed E-state index contributed by atoms with van der Waals surface area (Å²) in [6.45, 7) is 3.70. The number of hydrazine groups is 1. The lowest BCUT2D eigenvalue weighted by Crippen LogP contribution is -2.46. The maximum atomic E-state index is 12.7. The fourth-order valence-electron chi connectivity index (χ4n) is 2.70. The number of amides is 3. The van der Waals surface area contributed by atoms with Crippen LogP contribution < -0.4 is 5.43 Å².